The first kappa shape index (κ1) is 19.1. The molecule has 1 N–H and O–H groups in total. The van der Waals surface area contributed by atoms with Gasteiger partial charge >= 0.3 is 0 Å². The lowest BCUT2D eigenvalue weighted by Gasteiger charge is -2.16. The van der Waals surface area contributed by atoms with Gasteiger partial charge in [0.2, 0.25) is 0 Å². The van der Waals surface area contributed by atoms with Gasteiger partial charge in [0.15, 0.2) is 0 Å². The molecule has 1 heterocycles. The van der Waals surface area contributed by atoms with E-state index in [0.717, 1.165) is 15.5 Å². The van der Waals surface area contributed by atoms with E-state index in [1.54, 1.807) is 0 Å². The van der Waals surface area contributed by atoms with Gasteiger partial charge < -0.3 is 4.98 Å². The molecule has 0 aliphatic heterocycles. The van der Waals surface area contributed by atoms with Crippen LogP contribution in [0.1, 0.15) is 0 Å². The summed E-state index contributed by atoms with van der Waals surface area (Å²) in [6.45, 7) is 0. The average molecular weight is 474 g/mol. The smallest absolute Gasteiger partial charge is 0.0471 e. The number of para-hydroxylation sites is 1. The van der Waals surface area contributed by atoms with Gasteiger partial charge in [0.1, 0.15) is 0 Å². The number of H-pyrrole nitrogens is 1. The molecule has 2 heteroatoms. The maximum atomic E-state index is 3.92. The first-order chi connectivity index (χ1) is 15.8. The van der Waals surface area contributed by atoms with Crippen LogP contribution in [-0.4, -0.2) is 4.98 Å². The van der Waals surface area contributed by atoms with Gasteiger partial charge in [-0.1, -0.05) is 107 Å². The summed E-state index contributed by atoms with van der Waals surface area (Å²) in [7, 11) is 0. The molecule has 6 rings (SSSR count). The summed E-state index contributed by atoms with van der Waals surface area (Å²) in [6, 6.07) is 40.9. The van der Waals surface area contributed by atoms with E-state index < -0.39 is 0 Å². The number of hydrogen-bond acceptors (Lipinski definition) is 0. The predicted octanol–water partition coefficient (Wildman–Crippen LogP) is 9.08. The zero-order chi connectivity index (χ0) is 21.5. The minimum atomic E-state index is 1.09. The average Bonchev–Trinajstić information content (AvgIpc) is 3.24. The molecule has 0 saturated carbocycles. The number of fused-ring (bicyclic) bond motifs is 3. The van der Waals surface area contributed by atoms with Gasteiger partial charge in [0.25, 0.3) is 0 Å². The molecule has 0 spiro atoms. The largest absolute Gasteiger partial charge is 0.354 e. The van der Waals surface area contributed by atoms with E-state index in [4.69, 9.17) is 0 Å². The van der Waals surface area contributed by atoms with Crippen LogP contribution in [0.5, 0.6) is 0 Å². The first-order valence-corrected chi connectivity index (χ1v) is 11.5. The van der Waals surface area contributed by atoms with Gasteiger partial charge in [-0.2, -0.15) is 0 Å². The van der Waals surface area contributed by atoms with Crippen LogP contribution in [0, 0.1) is 0 Å². The predicted molar refractivity (Wildman–Crippen MR) is 140 cm³/mol. The fourth-order valence-corrected chi connectivity index (χ4v) is 5.18. The zero-order valence-corrected chi connectivity index (χ0v) is 18.9. The third kappa shape index (κ3) is 3.16. The molecule has 152 valence electrons. The Labute approximate surface area is 195 Å². The van der Waals surface area contributed by atoms with E-state index in [2.05, 4.69) is 136 Å². The lowest BCUT2D eigenvalue weighted by Crippen LogP contribution is -1.90. The number of aromatic nitrogens is 1. The van der Waals surface area contributed by atoms with E-state index in [-0.39, 0.29) is 0 Å². The molecular weight excluding hydrogens is 454 g/mol. The summed E-state index contributed by atoms with van der Waals surface area (Å²) in [5, 5.41) is 2.51. The molecule has 0 fully saturated rings. The second kappa shape index (κ2) is 7.81. The standard InChI is InChI=1S/C30H20BrN/c31-27-19-25(21-12-5-2-6-13-21)24(20-10-3-1-4-11-20)18-26(27)22-15-9-17-29-30(22)23-14-7-8-16-28(23)32-29/h1-19,32H. The Morgan fingerprint density at radius 2 is 1.06 bits per heavy atom. The normalized spacial score (nSPS) is 11.3. The molecule has 0 bridgehead atoms. The summed E-state index contributed by atoms with van der Waals surface area (Å²) >= 11 is 3.92. The summed E-state index contributed by atoms with van der Waals surface area (Å²) < 4.78 is 1.09. The second-order valence-corrected chi connectivity index (χ2v) is 8.86. The van der Waals surface area contributed by atoms with Crippen LogP contribution in [0.4, 0.5) is 0 Å². The Balaban J connectivity index is 1.67. The summed E-state index contributed by atoms with van der Waals surface area (Å²) in [4.78, 5) is 3.58. The van der Waals surface area contributed by atoms with E-state index >= 15 is 0 Å². The van der Waals surface area contributed by atoms with Gasteiger partial charge in [0.05, 0.1) is 0 Å². The van der Waals surface area contributed by atoms with Crippen molar-refractivity contribution in [1.29, 1.82) is 0 Å². The van der Waals surface area contributed by atoms with Gasteiger partial charge in [-0.3, -0.25) is 0 Å². The highest BCUT2D eigenvalue weighted by Crippen LogP contribution is 2.43. The highest BCUT2D eigenvalue weighted by molar-refractivity contribution is 9.10. The monoisotopic (exact) mass is 473 g/mol. The van der Waals surface area contributed by atoms with Crippen LogP contribution in [-0.2, 0) is 0 Å². The Kier molecular flexibility index (Phi) is 4.66. The SMILES string of the molecule is Brc1cc(-c2ccccc2)c(-c2ccccc2)cc1-c1cccc2[nH]c3ccccc3c12. The van der Waals surface area contributed by atoms with Crippen molar-refractivity contribution in [3.63, 3.8) is 0 Å². The Hall–Kier alpha value is -3.62. The molecule has 0 radical (unpaired) electrons. The van der Waals surface area contributed by atoms with Crippen molar-refractivity contribution in [2.24, 2.45) is 0 Å². The van der Waals surface area contributed by atoms with Crippen molar-refractivity contribution in [2.45, 2.75) is 0 Å². The molecular formula is C30H20BrN. The molecule has 0 atom stereocenters. The minimum Gasteiger partial charge on any atom is -0.354 e. The molecule has 5 aromatic carbocycles. The van der Waals surface area contributed by atoms with Crippen LogP contribution >= 0.6 is 15.9 Å². The number of aromatic amines is 1. The molecule has 1 aromatic heterocycles. The Morgan fingerprint density at radius 3 is 1.78 bits per heavy atom. The third-order valence-electron chi connectivity index (χ3n) is 6.10. The van der Waals surface area contributed by atoms with Gasteiger partial charge in [0, 0.05) is 26.3 Å². The van der Waals surface area contributed by atoms with E-state index in [1.165, 1.54) is 44.2 Å². The van der Waals surface area contributed by atoms with Crippen LogP contribution in [0.3, 0.4) is 0 Å². The number of nitrogens with one attached hydrogen (secondary N) is 1. The van der Waals surface area contributed by atoms with Crippen molar-refractivity contribution < 1.29 is 0 Å². The molecule has 0 saturated heterocycles. The molecule has 1 nitrogen and oxygen atoms in total. The number of benzene rings is 5. The molecule has 32 heavy (non-hydrogen) atoms. The van der Waals surface area contributed by atoms with Gasteiger partial charge in [-0.25, -0.2) is 0 Å². The topological polar surface area (TPSA) is 15.8 Å². The Morgan fingerprint density at radius 1 is 0.469 bits per heavy atom. The molecule has 0 aliphatic carbocycles. The second-order valence-electron chi connectivity index (χ2n) is 8.01. The maximum absolute atomic E-state index is 3.92. The molecule has 0 amide bonds. The van der Waals surface area contributed by atoms with Crippen LogP contribution in [0.25, 0.3) is 55.2 Å². The van der Waals surface area contributed by atoms with Gasteiger partial charge in [-0.05, 0) is 57.6 Å². The van der Waals surface area contributed by atoms with Crippen LogP contribution < -0.4 is 0 Å². The number of halogens is 1. The quantitative estimate of drug-likeness (QED) is 0.263. The fourth-order valence-electron chi connectivity index (χ4n) is 4.62. The van der Waals surface area contributed by atoms with Crippen molar-refractivity contribution in [3.05, 3.63) is 120 Å². The first-order valence-electron chi connectivity index (χ1n) is 10.7. The van der Waals surface area contributed by atoms with E-state index in [9.17, 15) is 0 Å². The zero-order valence-electron chi connectivity index (χ0n) is 17.3. The number of rotatable bonds is 3. The van der Waals surface area contributed by atoms with E-state index in [0.29, 0.717) is 0 Å². The fraction of sp³-hybridized carbons (Fsp3) is 0. The van der Waals surface area contributed by atoms with Gasteiger partial charge in [-0.15, -0.1) is 0 Å². The Bertz CT molecular complexity index is 1560. The minimum absolute atomic E-state index is 1.09. The van der Waals surface area contributed by atoms with Crippen LogP contribution in [0.2, 0.25) is 0 Å². The molecule has 6 aromatic rings. The molecule has 0 unspecified atom stereocenters. The maximum Gasteiger partial charge on any atom is 0.0471 e. The lowest BCUT2D eigenvalue weighted by atomic mass is 9.90. The summed E-state index contributed by atoms with van der Waals surface area (Å²) in [5.41, 5.74) is 9.61. The summed E-state index contributed by atoms with van der Waals surface area (Å²) in [6.07, 6.45) is 0. The third-order valence-corrected chi connectivity index (χ3v) is 6.75. The van der Waals surface area contributed by atoms with Crippen LogP contribution in [0.15, 0.2) is 120 Å². The van der Waals surface area contributed by atoms with Crippen molar-refractivity contribution in [3.8, 4) is 33.4 Å². The van der Waals surface area contributed by atoms with Crippen molar-refractivity contribution >= 4 is 37.7 Å². The van der Waals surface area contributed by atoms with Crippen molar-refractivity contribution in [2.75, 3.05) is 0 Å². The molecule has 0 aliphatic rings. The summed E-state index contributed by atoms with van der Waals surface area (Å²) in [5.74, 6) is 0. The highest BCUT2D eigenvalue weighted by Gasteiger charge is 2.16. The number of hydrogen-bond donors (Lipinski definition) is 1. The highest BCUT2D eigenvalue weighted by atomic mass is 79.9. The lowest BCUT2D eigenvalue weighted by molar-refractivity contribution is 1.53. The van der Waals surface area contributed by atoms with E-state index in [1.807, 2.05) is 0 Å². The van der Waals surface area contributed by atoms with Crippen molar-refractivity contribution in [1.82, 2.24) is 4.98 Å².